The fourth-order valence-electron chi connectivity index (χ4n) is 1.83. The summed E-state index contributed by atoms with van der Waals surface area (Å²) in [5, 5.41) is 11.9. The number of benzene rings is 2. The van der Waals surface area contributed by atoms with Crippen molar-refractivity contribution in [3.8, 4) is 11.1 Å². The third-order valence-electron chi connectivity index (χ3n) is 2.90. The Bertz CT molecular complexity index is 641. The van der Waals surface area contributed by atoms with E-state index in [9.17, 15) is 14.7 Å². The quantitative estimate of drug-likeness (QED) is 0.698. The average Bonchev–Trinajstić information content (AvgIpc) is 2.48. The Balaban J connectivity index is 0.00000220. The van der Waals surface area contributed by atoms with Crippen molar-refractivity contribution >= 4 is 17.6 Å². The van der Waals surface area contributed by atoms with Crippen LogP contribution in [-0.2, 0) is 25.2 Å². The van der Waals surface area contributed by atoms with E-state index in [0.29, 0.717) is 12.1 Å². The molecule has 0 bridgehead atoms. The molecule has 0 saturated heterocycles. The van der Waals surface area contributed by atoms with Gasteiger partial charge in [0, 0.05) is 26.8 Å². The molecule has 0 aliphatic heterocycles. The van der Waals surface area contributed by atoms with Gasteiger partial charge in [-0.25, -0.2) is 4.79 Å². The van der Waals surface area contributed by atoms with Crippen LogP contribution in [0, 0.1) is 6.07 Å². The summed E-state index contributed by atoms with van der Waals surface area (Å²) in [5.74, 6) is -1.28. The van der Waals surface area contributed by atoms with Gasteiger partial charge in [-0.1, -0.05) is 13.0 Å². The minimum Gasteiger partial charge on any atom is -0.478 e. The number of hydrogen-bond acceptors (Lipinski definition) is 2. The molecule has 0 spiro atoms. The molecule has 2 aromatic carbocycles. The molecule has 0 atom stereocenters. The van der Waals surface area contributed by atoms with E-state index in [2.05, 4.69) is 11.4 Å². The smallest absolute Gasteiger partial charge is 0.337 e. The van der Waals surface area contributed by atoms with Gasteiger partial charge in [0.05, 0.1) is 11.3 Å². The van der Waals surface area contributed by atoms with Crippen LogP contribution >= 0.6 is 0 Å². The number of carbonyl (C=O) groups is 2. The Labute approximate surface area is 136 Å². The summed E-state index contributed by atoms with van der Waals surface area (Å²) in [6.45, 7) is 1.71. The molecule has 1 radical (unpaired) electrons. The number of hydrogen-bond donors (Lipinski definition) is 2. The normalized spacial score (nSPS) is 9.57. The van der Waals surface area contributed by atoms with Gasteiger partial charge < -0.3 is 10.4 Å². The molecule has 2 aromatic rings. The van der Waals surface area contributed by atoms with Gasteiger partial charge in [-0.15, -0.1) is 5.56 Å². The largest absolute Gasteiger partial charge is 0.478 e. The minimum atomic E-state index is -1.07. The number of carboxylic acids is 1. The molecule has 0 unspecified atom stereocenters. The van der Waals surface area contributed by atoms with Crippen LogP contribution in [-0.4, -0.2) is 17.0 Å². The van der Waals surface area contributed by atoms with E-state index in [1.807, 2.05) is 12.1 Å². The number of rotatable bonds is 4. The Hall–Kier alpha value is -1.96. The van der Waals surface area contributed by atoms with Crippen molar-refractivity contribution in [3.05, 3.63) is 54.1 Å². The van der Waals surface area contributed by atoms with Gasteiger partial charge in [-0.05, 0) is 17.7 Å². The number of anilines is 1. The first kappa shape index (κ1) is 17.1. The number of aromatic carboxylic acids is 1. The second-order valence-corrected chi connectivity index (χ2v) is 4.26. The second kappa shape index (κ2) is 7.73. The van der Waals surface area contributed by atoms with Gasteiger partial charge in [0.15, 0.2) is 0 Å². The monoisotopic (exact) mass is 455 g/mol. The van der Waals surface area contributed by atoms with Gasteiger partial charge >= 0.3 is 5.97 Å². The molecule has 1 amide bonds. The van der Waals surface area contributed by atoms with Crippen LogP contribution in [0.5, 0.6) is 0 Å². The van der Waals surface area contributed by atoms with Crippen molar-refractivity contribution in [2.24, 2.45) is 0 Å². The van der Waals surface area contributed by atoms with E-state index < -0.39 is 5.97 Å². The molecule has 5 heteroatoms. The summed E-state index contributed by atoms with van der Waals surface area (Å²) < 4.78 is 0. The zero-order chi connectivity index (χ0) is 14.5. The van der Waals surface area contributed by atoms with Crippen LogP contribution in [0.15, 0.2) is 42.5 Å². The zero-order valence-electron chi connectivity index (χ0n) is 11.4. The van der Waals surface area contributed by atoms with Crippen molar-refractivity contribution in [2.75, 3.05) is 5.32 Å². The molecule has 109 valence electrons. The third kappa shape index (κ3) is 4.25. The first-order valence-corrected chi connectivity index (χ1v) is 6.25. The van der Waals surface area contributed by atoms with Crippen LogP contribution < -0.4 is 5.32 Å². The van der Waals surface area contributed by atoms with Crippen LogP contribution in [0.2, 0.25) is 0 Å². The maximum atomic E-state index is 11.4. The predicted octanol–water partition coefficient (Wildman–Crippen LogP) is 3.20. The summed E-state index contributed by atoms with van der Waals surface area (Å²) in [4.78, 5) is 22.7. The SMILES string of the molecule is CCC(=O)Nc1ccc(-c2cc[c-]cc2)cc1C(=O)O.[Re]. The van der Waals surface area contributed by atoms with Gasteiger partial charge in [0.1, 0.15) is 0 Å². The van der Waals surface area contributed by atoms with Crippen molar-refractivity contribution in [1.29, 1.82) is 0 Å². The Morgan fingerprint density at radius 2 is 1.81 bits per heavy atom. The Kier molecular flexibility index (Phi) is 6.29. The van der Waals surface area contributed by atoms with Crippen molar-refractivity contribution in [3.63, 3.8) is 0 Å². The molecule has 0 aliphatic carbocycles. The maximum Gasteiger partial charge on any atom is 0.337 e. The molecular formula is C16H14NO3Re-. The molecule has 0 fully saturated rings. The van der Waals surface area contributed by atoms with Crippen molar-refractivity contribution in [1.82, 2.24) is 0 Å². The van der Waals surface area contributed by atoms with Crippen LogP contribution in [0.25, 0.3) is 11.1 Å². The van der Waals surface area contributed by atoms with Crippen LogP contribution in [0.3, 0.4) is 0 Å². The summed E-state index contributed by atoms with van der Waals surface area (Å²) in [7, 11) is 0. The molecule has 0 aliphatic rings. The molecule has 2 N–H and O–H groups in total. The van der Waals surface area contributed by atoms with E-state index in [0.717, 1.165) is 11.1 Å². The molecule has 21 heavy (non-hydrogen) atoms. The Morgan fingerprint density at radius 1 is 1.14 bits per heavy atom. The summed E-state index contributed by atoms with van der Waals surface area (Å²) in [6.07, 6.45) is 0.301. The summed E-state index contributed by atoms with van der Waals surface area (Å²) in [6, 6.07) is 15.1. The molecule has 0 aromatic heterocycles. The zero-order valence-corrected chi connectivity index (χ0v) is 14.1. The third-order valence-corrected chi connectivity index (χ3v) is 2.90. The number of nitrogens with one attached hydrogen (secondary N) is 1. The standard InChI is InChI=1S/C16H14NO3.Re/c1-2-15(18)17-14-9-8-12(10-13(14)16(19)20)11-6-4-3-5-7-11;/h4-10H,2H2,1H3,(H,17,18)(H,19,20);/q-1;. The maximum absolute atomic E-state index is 11.4. The topological polar surface area (TPSA) is 66.4 Å². The number of amides is 1. The van der Waals surface area contributed by atoms with E-state index in [4.69, 9.17) is 0 Å². The van der Waals surface area contributed by atoms with Crippen molar-refractivity contribution in [2.45, 2.75) is 13.3 Å². The number of carboxylic acid groups (broad SMARTS) is 1. The molecule has 2 rings (SSSR count). The predicted molar refractivity (Wildman–Crippen MR) is 76.6 cm³/mol. The molecule has 4 nitrogen and oxygen atoms in total. The van der Waals surface area contributed by atoms with E-state index in [-0.39, 0.29) is 31.9 Å². The van der Waals surface area contributed by atoms with Gasteiger partial charge in [-0.3, -0.25) is 4.79 Å². The fourth-order valence-corrected chi connectivity index (χ4v) is 1.83. The number of carbonyl (C=O) groups excluding carboxylic acids is 1. The Morgan fingerprint density at radius 3 is 2.38 bits per heavy atom. The minimum absolute atomic E-state index is 0. The summed E-state index contributed by atoms with van der Waals surface area (Å²) >= 11 is 0. The first-order valence-electron chi connectivity index (χ1n) is 6.25. The van der Waals surface area contributed by atoms with E-state index in [1.54, 1.807) is 37.3 Å². The van der Waals surface area contributed by atoms with Crippen molar-refractivity contribution < 1.29 is 35.1 Å². The van der Waals surface area contributed by atoms with Crippen LogP contribution in [0.1, 0.15) is 23.7 Å². The average molecular weight is 454 g/mol. The molecule has 0 saturated carbocycles. The van der Waals surface area contributed by atoms with E-state index >= 15 is 0 Å². The first-order chi connectivity index (χ1) is 9.61. The molecule has 0 heterocycles. The van der Waals surface area contributed by atoms with Gasteiger partial charge in [0.2, 0.25) is 5.91 Å². The van der Waals surface area contributed by atoms with Gasteiger partial charge in [-0.2, -0.15) is 30.3 Å². The summed E-state index contributed by atoms with van der Waals surface area (Å²) in [5.41, 5.74) is 2.08. The van der Waals surface area contributed by atoms with Gasteiger partial charge in [0.25, 0.3) is 0 Å². The van der Waals surface area contributed by atoms with Crippen LogP contribution in [0.4, 0.5) is 5.69 Å². The van der Waals surface area contributed by atoms with E-state index in [1.165, 1.54) is 0 Å². The molecular weight excluding hydrogens is 440 g/mol. The fraction of sp³-hybridized carbons (Fsp3) is 0.125. The second-order valence-electron chi connectivity index (χ2n) is 4.26.